The summed E-state index contributed by atoms with van der Waals surface area (Å²) in [6, 6.07) is 9.17. The van der Waals surface area contributed by atoms with Crippen molar-refractivity contribution in [3.63, 3.8) is 0 Å². The molecular formula is C20H20N5NaO3S. The summed E-state index contributed by atoms with van der Waals surface area (Å²) in [5, 5.41) is 5.39. The van der Waals surface area contributed by atoms with Gasteiger partial charge in [-0.3, -0.25) is 14.5 Å². The Hall–Kier alpha value is -1.75. The van der Waals surface area contributed by atoms with E-state index in [9.17, 15) is 9.59 Å². The fraction of sp³-hybridized carbons (Fsp3) is 0.350. The maximum Gasteiger partial charge on any atom is 1.00 e. The predicted molar refractivity (Wildman–Crippen MR) is 112 cm³/mol. The molecule has 5 rings (SSSR count). The van der Waals surface area contributed by atoms with Gasteiger partial charge in [0.25, 0.3) is 0 Å². The van der Waals surface area contributed by atoms with E-state index in [1.54, 1.807) is 4.57 Å². The van der Waals surface area contributed by atoms with Crippen LogP contribution in [0.3, 0.4) is 0 Å². The van der Waals surface area contributed by atoms with E-state index in [4.69, 9.17) is 4.74 Å². The number of aryl methyl sites for hydroxylation is 1. The zero-order valence-corrected chi connectivity index (χ0v) is 19.8. The largest absolute Gasteiger partial charge is 1.00 e. The zero-order valence-electron chi connectivity index (χ0n) is 17.0. The summed E-state index contributed by atoms with van der Waals surface area (Å²) in [5.41, 5.74) is 1.51. The molecule has 1 saturated heterocycles. The molecule has 0 unspecified atom stereocenters. The molecule has 1 aliphatic rings. The minimum atomic E-state index is -0.239. The summed E-state index contributed by atoms with van der Waals surface area (Å²) in [4.78, 5) is 32.6. The van der Waals surface area contributed by atoms with Gasteiger partial charge < -0.3 is 19.1 Å². The normalized spacial score (nSPS) is 15.0. The van der Waals surface area contributed by atoms with Crippen molar-refractivity contribution in [2.24, 2.45) is 0 Å². The molecule has 0 spiro atoms. The second-order valence-corrected chi connectivity index (χ2v) is 8.12. The molecule has 1 fully saturated rings. The molecule has 150 valence electrons. The molecular weight excluding hydrogens is 413 g/mol. The Kier molecular flexibility index (Phi) is 6.29. The number of thiazole rings is 1. The molecule has 0 bridgehead atoms. The van der Waals surface area contributed by atoms with Crippen LogP contribution < -0.4 is 45.8 Å². The van der Waals surface area contributed by atoms with Gasteiger partial charge in [-0.05, 0) is 25.1 Å². The molecule has 0 N–H and O–H groups in total. The maximum absolute atomic E-state index is 13.1. The minimum absolute atomic E-state index is 0. The van der Waals surface area contributed by atoms with E-state index < -0.39 is 0 Å². The standard InChI is InChI=1S/C20H21N5O3S.Na/c1-13-18-15(12-17(26)24(13)7-6-23-8-10-28-11-9-23)22-25(19(18)27)20-21-14-4-2-3-5-16(14)29-20;/h2-5,12H,6-11H2,1H3,(H,22,26);/q;+1/p-1. The van der Waals surface area contributed by atoms with Crippen molar-refractivity contribution < 1.29 is 34.3 Å². The summed E-state index contributed by atoms with van der Waals surface area (Å²) in [7, 11) is 0. The Balaban J connectivity index is 0.00000218. The number of morpholine rings is 1. The number of pyridine rings is 1. The van der Waals surface area contributed by atoms with Crippen LogP contribution in [-0.4, -0.2) is 52.0 Å². The second kappa shape index (κ2) is 8.78. The van der Waals surface area contributed by atoms with Gasteiger partial charge in [-0.25, -0.2) is 4.98 Å². The van der Waals surface area contributed by atoms with Gasteiger partial charge in [0.2, 0.25) is 11.1 Å². The van der Waals surface area contributed by atoms with Crippen molar-refractivity contribution in [3.8, 4) is 5.13 Å². The van der Waals surface area contributed by atoms with E-state index in [1.807, 2.05) is 31.2 Å². The molecule has 0 radical (unpaired) electrons. The number of nitrogens with zero attached hydrogens (tertiary/aromatic N) is 5. The number of aromatic nitrogens is 4. The molecule has 1 aromatic carbocycles. The topological polar surface area (TPSA) is 83.5 Å². The van der Waals surface area contributed by atoms with E-state index in [0.717, 1.165) is 29.9 Å². The first kappa shape index (κ1) is 21.5. The van der Waals surface area contributed by atoms with Crippen molar-refractivity contribution >= 4 is 32.5 Å². The summed E-state index contributed by atoms with van der Waals surface area (Å²) in [6.07, 6.45) is 0. The Labute approximate surface area is 198 Å². The van der Waals surface area contributed by atoms with Crippen molar-refractivity contribution in [1.29, 1.82) is 0 Å². The van der Waals surface area contributed by atoms with Gasteiger partial charge in [-0.15, -0.1) is 5.52 Å². The monoisotopic (exact) mass is 433 g/mol. The Bertz CT molecular complexity index is 1280. The number of fused-ring (bicyclic) bond motifs is 2. The van der Waals surface area contributed by atoms with Crippen LogP contribution in [0.15, 0.2) is 39.9 Å². The number of hydrogen-bond acceptors (Lipinski definition) is 6. The Morgan fingerprint density at radius 3 is 2.70 bits per heavy atom. The second-order valence-electron chi connectivity index (χ2n) is 7.11. The van der Waals surface area contributed by atoms with E-state index in [-0.39, 0.29) is 40.7 Å². The van der Waals surface area contributed by atoms with Crippen molar-refractivity contribution in [2.75, 3.05) is 32.8 Å². The van der Waals surface area contributed by atoms with Crippen LogP contribution in [0, 0.1) is 6.92 Å². The fourth-order valence-corrected chi connectivity index (χ4v) is 4.69. The quantitative estimate of drug-likeness (QED) is 0.359. The Morgan fingerprint density at radius 2 is 1.93 bits per heavy atom. The molecule has 0 amide bonds. The van der Waals surface area contributed by atoms with Gasteiger partial charge in [0, 0.05) is 37.3 Å². The molecule has 3 aromatic heterocycles. The van der Waals surface area contributed by atoms with Crippen LogP contribution in [0.2, 0.25) is 0 Å². The van der Waals surface area contributed by atoms with E-state index >= 15 is 0 Å². The van der Waals surface area contributed by atoms with Gasteiger partial charge in [-0.2, -0.15) is 0 Å². The first-order chi connectivity index (χ1) is 14.1. The molecule has 0 saturated carbocycles. The van der Waals surface area contributed by atoms with Gasteiger partial charge in [0.05, 0.1) is 23.4 Å². The molecule has 30 heavy (non-hydrogen) atoms. The smallest absolute Gasteiger partial charge is 0.585 e. The average Bonchev–Trinajstić information content (AvgIpc) is 3.29. The van der Waals surface area contributed by atoms with E-state index in [0.29, 0.717) is 41.5 Å². The summed E-state index contributed by atoms with van der Waals surface area (Å²) in [6.45, 7) is 6.24. The molecule has 4 aromatic rings. The maximum atomic E-state index is 13.1. The molecule has 0 aliphatic carbocycles. The van der Waals surface area contributed by atoms with Gasteiger partial charge in [-0.1, -0.05) is 23.5 Å². The third-order valence-electron chi connectivity index (χ3n) is 5.37. The van der Waals surface area contributed by atoms with Crippen LogP contribution in [0.4, 0.5) is 0 Å². The molecule has 0 atom stereocenters. The number of benzene rings is 1. The van der Waals surface area contributed by atoms with Gasteiger partial charge in [0.15, 0.2) is 5.13 Å². The molecule has 8 nitrogen and oxygen atoms in total. The third-order valence-corrected chi connectivity index (χ3v) is 6.38. The number of rotatable bonds is 4. The Morgan fingerprint density at radius 1 is 1.17 bits per heavy atom. The van der Waals surface area contributed by atoms with Crippen LogP contribution in [0.5, 0.6) is 0 Å². The van der Waals surface area contributed by atoms with Gasteiger partial charge in [0.1, 0.15) is 0 Å². The van der Waals surface area contributed by atoms with E-state index in [2.05, 4.69) is 15.0 Å². The average molecular weight is 433 g/mol. The number of ether oxygens (including phenoxy) is 1. The molecule has 4 heterocycles. The van der Waals surface area contributed by atoms with Crippen LogP contribution in [0.25, 0.3) is 26.3 Å². The van der Waals surface area contributed by atoms with Crippen LogP contribution in [-0.2, 0) is 11.3 Å². The van der Waals surface area contributed by atoms with Crippen LogP contribution >= 0.6 is 11.3 Å². The third kappa shape index (κ3) is 3.81. The zero-order chi connectivity index (χ0) is 20.0. The number of para-hydroxylation sites is 1. The summed E-state index contributed by atoms with van der Waals surface area (Å²) < 4.78 is 9.34. The predicted octanol–water partition coefficient (Wildman–Crippen LogP) is -1.64. The van der Waals surface area contributed by atoms with Crippen molar-refractivity contribution in [3.05, 3.63) is 56.7 Å². The SMILES string of the molecule is Cc1c2c(=O)n(-c3nc4ccccc4s3)[n-]c2cc(=O)n1CCN1CCOCC1.[Na+]. The molecule has 10 heteroatoms. The van der Waals surface area contributed by atoms with Crippen molar-refractivity contribution in [2.45, 2.75) is 13.5 Å². The first-order valence-electron chi connectivity index (χ1n) is 9.58. The number of hydrogen-bond donors (Lipinski definition) is 0. The summed E-state index contributed by atoms with van der Waals surface area (Å²) >= 11 is 1.41. The minimum Gasteiger partial charge on any atom is -0.585 e. The van der Waals surface area contributed by atoms with Crippen LogP contribution in [0.1, 0.15) is 5.69 Å². The fourth-order valence-electron chi connectivity index (χ4n) is 3.78. The summed E-state index contributed by atoms with van der Waals surface area (Å²) in [5.74, 6) is 0. The van der Waals surface area contributed by atoms with E-state index in [1.165, 1.54) is 22.1 Å². The first-order valence-corrected chi connectivity index (χ1v) is 10.4. The van der Waals surface area contributed by atoms with Crippen molar-refractivity contribution in [1.82, 2.24) is 24.2 Å². The molecule has 1 aliphatic heterocycles. The van der Waals surface area contributed by atoms with Gasteiger partial charge >= 0.3 is 29.6 Å².